The maximum Gasteiger partial charge on any atom is 0.0700 e. The molecule has 0 amide bonds. The van der Waals surface area contributed by atoms with E-state index in [2.05, 4.69) is 35.3 Å². The highest BCUT2D eigenvalue weighted by Crippen LogP contribution is 1.98. The lowest BCUT2D eigenvalue weighted by molar-refractivity contribution is 0.0688. The Morgan fingerprint density at radius 2 is 2.12 bits per heavy atom. The molecule has 1 aromatic heterocycles. The monoisotopic (exact) mass is 240 g/mol. The van der Waals surface area contributed by atoms with Gasteiger partial charge in [0.25, 0.3) is 0 Å². The average molecular weight is 240 g/mol. The summed E-state index contributed by atoms with van der Waals surface area (Å²) >= 11 is 0. The van der Waals surface area contributed by atoms with Gasteiger partial charge in [-0.05, 0) is 31.5 Å². The molecule has 0 atom stereocenters. The number of nitrogens with one attached hydrogen (secondary N) is 1. The van der Waals surface area contributed by atoms with Gasteiger partial charge < -0.3 is 19.4 Å². The molecule has 0 aromatic carbocycles. The third kappa shape index (κ3) is 6.46. The van der Waals surface area contributed by atoms with Crippen LogP contribution in [-0.2, 0) is 23.1 Å². The Morgan fingerprint density at radius 1 is 1.24 bits per heavy atom. The summed E-state index contributed by atoms with van der Waals surface area (Å²) in [6.45, 7) is 4.20. The van der Waals surface area contributed by atoms with Crippen LogP contribution in [0.3, 0.4) is 0 Å². The van der Waals surface area contributed by atoms with Gasteiger partial charge in [0, 0.05) is 39.2 Å². The first-order valence-corrected chi connectivity index (χ1v) is 6.22. The number of nitrogens with zero attached hydrogens (tertiary/aromatic N) is 1. The normalized spacial score (nSPS) is 10.9. The fourth-order valence-electron chi connectivity index (χ4n) is 1.60. The third-order valence-electron chi connectivity index (χ3n) is 2.68. The van der Waals surface area contributed by atoms with Crippen LogP contribution in [0.5, 0.6) is 0 Å². The Hall–Kier alpha value is -0.840. The molecule has 0 fully saturated rings. The van der Waals surface area contributed by atoms with E-state index < -0.39 is 0 Å². The van der Waals surface area contributed by atoms with Crippen molar-refractivity contribution in [3.8, 4) is 0 Å². The van der Waals surface area contributed by atoms with Crippen LogP contribution in [0.2, 0.25) is 0 Å². The van der Waals surface area contributed by atoms with Gasteiger partial charge >= 0.3 is 0 Å². The minimum Gasteiger partial charge on any atom is -0.382 e. The van der Waals surface area contributed by atoms with Gasteiger partial charge in [-0.25, -0.2) is 0 Å². The van der Waals surface area contributed by atoms with E-state index in [0.717, 1.165) is 32.5 Å². The quantitative estimate of drug-likeness (QED) is 0.630. The largest absolute Gasteiger partial charge is 0.382 e. The molecule has 0 aliphatic carbocycles. The zero-order valence-corrected chi connectivity index (χ0v) is 10.9. The molecule has 0 radical (unpaired) electrons. The average Bonchev–Trinajstić information content (AvgIpc) is 2.73. The van der Waals surface area contributed by atoms with Gasteiger partial charge in [-0.3, -0.25) is 0 Å². The summed E-state index contributed by atoms with van der Waals surface area (Å²) in [7, 11) is 3.76. The van der Waals surface area contributed by atoms with Crippen LogP contribution in [0.25, 0.3) is 0 Å². The number of unbranched alkanes of at least 4 members (excludes halogenated alkanes) is 1. The number of ether oxygens (including phenoxy) is 2. The maximum atomic E-state index is 5.39. The van der Waals surface area contributed by atoms with Crippen LogP contribution in [0.4, 0.5) is 0 Å². The summed E-state index contributed by atoms with van der Waals surface area (Å²) in [4.78, 5) is 0. The summed E-state index contributed by atoms with van der Waals surface area (Å²) in [5.41, 5.74) is 1.32. The highest BCUT2D eigenvalue weighted by molar-refractivity contribution is 5.05. The molecule has 0 unspecified atom stereocenters. The lowest BCUT2D eigenvalue weighted by Gasteiger charge is -2.06. The minimum atomic E-state index is 0.686. The van der Waals surface area contributed by atoms with E-state index in [4.69, 9.17) is 9.47 Å². The Kier molecular flexibility index (Phi) is 7.71. The van der Waals surface area contributed by atoms with E-state index in [-0.39, 0.29) is 0 Å². The summed E-state index contributed by atoms with van der Waals surface area (Å²) in [6.07, 6.45) is 4.32. The number of hydrogen-bond donors (Lipinski definition) is 1. The summed E-state index contributed by atoms with van der Waals surface area (Å²) < 4.78 is 12.4. The molecule has 4 heteroatoms. The highest BCUT2D eigenvalue weighted by Gasteiger charge is 1.95. The van der Waals surface area contributed by atoms with E-state index in [1.54, 1.807) is 7.11 Å². The van der Waals surface area contributed by atoms with E-state index >= 15 is 0 Å². The zero-order chi connectivity index (χ0) is 12.3. The molecule has 0 aliphatic rings. The molecule has 98 valence electrons. The van der Waals surface area contributed by atoms with E-state index in [0.29, 0.717) is 13.2 Å². The first kappa shape index (κ1) is 14.2. The van der Waals surface area contributed by atoms with Crippen molar-refractivity contribution in [2.45, 2.75) is 19.4 Å². The van der Waals surface area contributed by atoms with Crippen molar-refractivity contribution < 1.29 is 9.47 Å². The second-order valence-corrected chi connectivity index (χ2v) is 4.10. The van der Waals surface area contributed by atoms with Crippen LogP contribution in [0.1, 0.15) is 18.5 Å². The number of aryl methyl sites for hydroxylation is 1. The van der Waals surface area contributed by atoms with Crippen molar-refractivity contribution in [2.24, 2.45) is 7.05 Å². The molecule has 17 heavy (non-hydrogen) atoms. The molecule has 1 aromatic rings. The summed E-state index contributed by atoms with van der Waals surface area (Å²) in [5.74, 6) is 0. The van der Waals surface area contributed by atoms with E-state index in [1.807, 2.05) is 0 Å². The number of methoxy groups -OCH3 is 1. The smallest absolute Gasteiger partial charge is 0.0700 e. The molecule has 1 rings (SSSR count). The zero-order valence-electron chi connectivity index (χ0n) is 10.9. The Morgan fingerprint density at radius 3 is 2.82 bits per heavy atom. The summed E-state index contributed by atoms with van der Waals surface area (Å²) in [5, 5.41) is 3.43. The van der Waals surface area contributed by atoms with Crippen LogP contribution in [0, 0.1) is 0 Å². The first-order chi connectivity index (χ1) is 8.34. The van der Waals surface area contributed by atoms with Crippen molar-refractivity contribution in [1.29, 1.82) is 0 Å². The Bertz CT molecular complexity index is 287. The molecule has 1 heterocycles. The van der Waals surface area contributed by atoms with Gasteiger partial charge in [0.05, 0.1) is 13.2 Å². The predicted molar refractivity (Wildman–Crippen MR) is 69.0 cm³/mol. The standard InChI is InChI=1S/C13H24N2O2/c1-15-8-5-6-13(15)12-14-7-3-4-9-17-11-10-16-2/h5-6,8,14H,3-4,7,9-12H2,1-2H3. The number of aromatic nitrogens is 1. The molecule has 1 N–H and O–H groups in total. The van der Waals surface area contributed by atoms with Gasteiger partial charge in [-0.2, -0.15) is 0 Å². The maximum absolute atomic E-state index is 5.39. The third-order valence-corrected chi connectivity index (χ3v) is 2.68. The SMILES string of the molecule is COCCOCCCCNCc1cccn1C. The predicted octanol–water partition coefficient (Wildman–Crippen LogP) is 1.56. The van der Waals surface area contributed by atoms with Gasteiger partial charge in [0.1, 0.15) is 0 Å². The minimum absolute atomic E-state index is 0.686. The fraction of sp³-hybridized carbons (Fsp3) is 0.692. The molecular formula is C13H24N2O2. The van der Waals surface area contributed by atoms with Gasteiger partial charge in [0.2, 0.25) is 0 Å². The van der Waals surface area contributed by atoms with E-state index in [9.17, 15) is 0 Å². The van der Waals surface area contributed by atoms with Crippen LogP contribution >= 0.6 is 0 Å². The van der Waals surface area contributed by atoms with Crippen molar-refractivity contribution in [3.05, 3.63) is 24.0 Å². The Labute approximate surface area is 104 Å². The molecule has 0 aliphatic heterocycles. The Balaban J connectivity index is 1.86. The van der Waals surface area contributed by atoms with E-state index in [1.165, 1.54) is 5.69 Å². The first-order valence-electron chi connectivity index (χ1n) is 6.22. The molecule has 0 saturated carbocycles. The number of rotatable bonds is 10. The molecular weight excluding hydrogens is 216 g/mol. The van der Waals surface area contributed by atoms with Crippen molar-refractivity contribution in [1.82, 2.24) is 9.88 Å². The summed E-state index contributed by atoms with van der Waals surface area (Å²) in [6, 6.07) is 4.21. The second-order valence-electron chi connectivity index (χ2n) is 4.10. The van der Waals surface area contributed by atoms with Crippen LogP contribution in [0.15, 0.2) is 18.3 Å². The van der Waals surface area contributed by atoms with Gasteiger partial charge in [-0.1, -0.05) is 0 Å². The topological polar surface area (TPSA) is 35.4 Å². The highest BCUT2D eigenvalue weighted by atomic mass is 16.5. The van der Waals surface area contributed by atoms with Crippen molar-refractivity contribution >= 4 is 0 Å². The van der Waals surface area contributed by atoms with Crippen molar-refractivity contribution in [2.75, 3.05) is 33.5 Å². The molecule has 0 saturated heterocycles. The lowest BCUT2D eigenvalue weighted by atomic mass is 10.3. The second kappa shape index (κ2) is 9.22. The molecule has 0 spiro atoms. The van der Waals surface area contributed by atoms with Crippen LogP contribution < -0.4 is 5.32 Å². The van der Waals surface area contributed by atoms with Gasteiger partial charge in [0.15, 0.2) is 0 Å². The fourth-order valence-corrected chi connectivity index (χ4v) is 1.60. The van der Waals surface area contributed by atoms with Gasteiger partial charge in [-0.15, -0.1) is 0 Å². The van der Waals surface area contributed by atoms with Crippen molar-refractivity contribution in [3.63, 3.8) is 0 Å². The lowest BCUT2D eigenvalue weighted by Crippen LogP contribution is -2.17. The van der Waals surface area contributed by atoms with Crippen LogP contribution in [-0.4, -0.2) is 38.0 Å². The molecule has 0 bridgehead atoms. The molecule has 4 nitrogen and oxygen atoms in total. The number of hydrogen-bond acceptors (Lipinski definition) is 3.